The van der Waals surface area contributed by atoms with Gasteiger partial charge in [0.05, 0.1) is 0 Å². The van der Waals surface area contributed by atoms with Gasteiger partial charge >= 0.3 is 102 Å². The predicted octanol–water partition coefficient (Wildman–Crippen LogP) is 1.52. The molecule has 0 aliphatic heterocycles. The van der Waals surface area contributed by atoms with Gasteiger partial charge in [-0.25, -0.2) is 0 Å². The van der Waals surface area contributed by atoms with Gasteiger partial charge in [-0.2, -0.15) is 0 Å². The Morgan fingerprint density at radius 2 is 1.69 bits per heavy atom. The molecule has 0 aliphatic carbocycles. The van der Waals surface area contributed by atoms with E-state index in [0.717, 1.165) is 10.0 Å². The van der Waals surface area contributed by atoms with Crippen LogP contribution in [0.4, 0.5) is 0 Å². The van der Waals surface area contributed by atoms with E-state index in [0.29, 0.717) is 0 Å². The van der Waals surface area contributed by atoms with Crippen molar-refractivity contribution in [1.29, 1.82) is 5.26 Å². The van der Waals surface area contributed by atoms with E-state index in [2.05, 4.69) is 37.3 Å². The Bertz CT molecular complexity index is 523. The molecule has 0 fully saturated rings. The van der Waals surface area contributed by atoms with Gasteiger partial charge in [0.2, 0.25) is 0 Å². The maximum absolute atomic E-state index is 9.00. The van der Waals surface area contributed by atoms with Gasteiger partial charge in [0.25, 0.3) is 0 Å². The molecule has 2 rings (SSSR count). The van der Waals surface area contributed by atoms with Crippen LogP contribution >= 0.6 is 0 Å². The van der Waals surface area contributed by atoms with Crippen LogP contribution in [0.15, 0.2) is 48.5 Å². The number of rotatable bonds is 2. The molecule has 0 amide bonds. The molecule has 2 heteroatoms. The van der Waals surface area contributed by atoms with Gasteiger partial charge in [-0.05, 0) is 0 Å². The molecule has 78 valence electrons. The second kappa shape index (κ2) is 4.98. The van der Waals surface area contributed by atoms with Crippen molar-refractivity contribution in [3.63, 3.8) is 0 Å². The van der Waals surface area contributed by atoms with Crippen molar-refractivity contribution in [2.75, 3.05) is 0 Å². The minimum atomic E-state index is 0.222. The van der Waals surface area contributed by atoms with E-state index in [4.69, 9.17) is 5.26 Å². The molecule has 0 bridgehead atoms. The Hall–Kier alpha value is -1.55. The molecule has 16 heavy (non-hydrogen) atoms. The summed E-state index contributed by atoms with van der Waals surface area (Å²) < 4.78 is 2.46. The summed E-state index contributed by atoms with van der Waals surface area (Å²) in [6.07, 6.45) is 0. The average molecular weight is 272 g/mol. The van der Waals surface area contributed by atoms with Gasteiger partial charge in [0, 0.05) is 0 Å². The van der Waals surface area contributed by atoms with E-state index in [9.17, 15) is 0 Å². The summed E-state index contributed by atoms with van der Waals surface area (Å²) in [5.74, 6) is 0. The molecule has 0 saturated heterocycles. The fraction of sp³-hybridized carbons (Fsp3) is 0.0714. The molecule has 0 radical (unpaired) electrons. The van der Waals surface area contributed by atoms with Gasteiger partial charge < -0.3 is 0 Å². The van der Waals surface area contributed by atoms with E-state index in [1.807, 2.05) is 24.3 Å². The van der Waals surface area contributed by atoms with Gasteiger partial charge in [0.15, 0.2) is 0 Å². The van der Waals surface area contributed by atoms with Crippen LogP contribution in [0.5, 0.6) is 0 Å². The molecule has 0 heterocycles. The van der Waals surface area contributed by atoms with Crippen molar-refractivity contribution in [2.45, 2.75) is 6.92 Å². The molecule has 0 spiro atoms. The Morgan fingerprint density at radius 1 is 1.00 bits per heavy atom. The summed E-state index contributed by atoms with van der Waals surface area (Å²) in [6, 6.07) is 18.6. The summed E-state index contributed by atoms with van der Waals surface area (Å²) >= 11 is 0.222. The third-order valence-electron chi connectivity index (χ3n) is 2.26. The van der Waals surface area contributed by atoms with Crippen LogP contribution in [0.1, 0.15) is 11.1 Å². The Morgan fingerprint density at radius 3 is 2.38 bits per heavy atom. The summed E-state index contributed by atoms with van der Waals surface area (Å²) in [5.41, 5.74) is 2.07. The van der Waals surface area contributed by atoms with Gasteiger partial charge in [0.1, 0.15) is 0 Å². The molecule has 0 unspecified atom stereocenters. The average Bonchev–Trinajstić information content (AvgIpc) is 2.33. The fourth-order valence-corrected chi connectivity index (χ4v) is 3.26. The monoisotopic (exact) mass is 273 g/mol. The minimum absolute atomic E-state index is 0.222. The third-order valence-corrected chi connectivity index (χ3v) is 4.53. The number of hydrogen-bond donors (Lipinski definition) is 0. The van der Waals surface area contributed by atoms with E-state index in [-0.39, 0.29) is 15.0 Å². The first kappa shape index (κ1) is 11.0. The Labute approximate surface area is 102 Å². The van der Waals surface area contributed by atoms with Crippen molar-refractivity contribution >= 4 is 23.9 Å². The molecule has 2 aromatic carbocycles. The zero-order valence-electron chi connectivity index (χ0n) is 8.97. The first-order valence-electron chi connectivity index (χ1n) is 5.03. The zero-order valence-corrected chi connectivity index (χ0v) is 10.7. The first-order valence-corrected chi connectivity index (χ1v) is 6.74. The van der Waals surface area contributed by atoms with E-state index < -0.39 is 0 Å². The van der Waals surface area contributed by atoms with Crippen molar-refractivity contribution in [3.05, 3.63) is 59.7 Å². The van der Waals surface area contributed by atoms with Crippen LogP contribution in [0.2, 0.25) is 0 Å². The summed E-state index contributed by atoms with van der Waals surface area (Å²) in [5, 5.41) is 9.00. The molecular formula is C14H11NSe. The van der Waals surface area contributed by atoms with Crippen LogP contribution in [-0.4, -0.2) is 15.0 Å². The van der Waals surface area contributed by atoms with Crippen molar-refractivity contribution in [2.24, 2.45) is 0 Å². The summed E-state index contributed by atoms with van der Waals surface area (Å²) in [7, 11) is 0. The van der Waals surface area contributed by atoms with Crippen molar-refractivity contribution < 1.29 is 0 Å². The standard InChI is InChI=1S/C14H11NSe/c1-11-6-8-13(9-7-11)16-14-5-3-2-4-12(14)10-15/h2-9H,1H3. The Balaban J connectivity index is 2.27. The molecule has 0 N–H and O–H groups in total. The number of nitriles is 1. The van der Waals surface area contributed by atoms with Crippen molar-refractivity contribution in [1.82, 2.24) is 0 Å². The van der Waals surface area contributed by atoms with E-state index in [1.165, 1.54) is 10.0 Å². The first-order chi connectivity index (χ1) is 7.79. The summed E-state index contributed by atoms with van der Waals surface area (Å²) in [6.45, 7) is 2.08. The predicted molar refractivity (Wildman–Crippen MR) is 67.4 cm³/mol. The molecular weight excluding hydrogens is 261 g/mol. The normalized spacial score (nSPS) is 9.75. The Kier molecular flexibility index (Phi) is 3.41. The molecule has 1 nitrogen and oxygen atoms in total. The van der Waals surface area contributed by atoms with Crippen LogP contribution in [0, 0.1) is 18.3 Å². The quantitative estimate of drug-likeness (QED) is 0.760. The number of aryl methyl sites for hydroxylation is 1. The van der Waals surface area contributed by atoms with Crippen LogP contribution in [0.25, 0.3) is 0 Å². The van der Waals surface area contributed by atoms with E-state index >= 15 is 0 Å². The second-order valence-electron chi connectivity index (χ2n) is 3.52. The van der Waals surface area contributed by atoms with Gasteiger partial charge in [-0.15, -0.1) is 0 Å². The molecule has 0 aromatic heterocycles. The number of hydrogen-bond acceptors (Lipinski definition) is 1. The zero-order chi connectivity index (χ0) is 11.4. The van der Waals surface area contributed by atoms with Crippen LogP contribution in [0.3, 0.4) is 0 Å². The molecule has 0 aliphatic rings. The van der Waals surface area contributed by atoms with Crippen molar-refractivity contribution in [3.8, 4) is 6.07 Å². The second-order valence-corrected chi connectivity index (χ2v) is 5.86. The number of benzene rings is 2. The van der Waals surface area contributed by atoms with E-state index in [1.54, 1.807) is 0 Å². The summed E-state index contributed by atoms with van der Waals surface area (Å²) in [4.78, 5) is 0. The molecule has 0 atom stereocenters. The maximum atomic E-state index is 9.00. The SMILES string of the molecule is Cc1ccc([Se]c2ccccc2C#N)cc1. The van der Waals surface area contributed by atoms with Gasteiger partial charge in [-0.3, -0.25) is 0 Å². The topological polar surface area (TPSA) is 23.8 Å². The molecule has 2 aromatic rings. The van der Waals surface area contributed by atoms with Gasteiger partial charge in [-0.1, -0.05) is 0 Å². The third kappa shape index (κ3) is 2.52. The van der Waals surface area contributed by atoms with Crippen LogP contribution in [-0.2, 0) is 0 Å². The van der Waals surface area contributed by atoms with Crippen LogP contribution < -0.4 is 8.92 Å². The molecule has 0 saturated carbocycles. The fourth-order valence-electron chi connectivity index (χ4n) is 1.38. The number of nitrogens with zero attached hydrogens (tertiary/aromatic N) is 1.